The molecule has 17 heavy (non-hydrogen) atoms. The molecule has 0 amide bonds. The molecule has 4 nitrogen and oxygen atoms in total. The van der Waals surface area contributed by atoms with E-state index >= 15 is 0 Å². The number of aromatic carboxylic acids is 1. The quantitative estimate of drug-likeness (QED) is 0.830. The first-order valence-corrected chi connectivity index (χ1v) is 5.33. The van der Waals surface area contributed by atoms with Crippen LogP contribution >= 0.6 is 0 Å². The van der Waals surface area contributed by atoms with Crippen molar-refractivity contribution in [2.24, 2.45) is 0 Å². The fourth-order valence-corrected chi connectivity index (χ4v) is 1.60. The lowest BCUT2D eigenvalue weighted by molar-refractivity contribution is 0.0697. The fraction of sp³-hybridized carbons (Fsp3) is 0.154. The normalized spacial score (nSPS) is 18.6. The standard InChI is InChI=1S/C13H14N2O2/c1-15-9-8-14-12(15)7-4-10-2-5-11(6-3-10)13(16)17/h2-9,12,14H,1H3,(H,16,17)/b7-4+. The van der Waals surface area contributed by atoms with Crippen molar-refractivity contribution in [3.05, 3.63) is 53.9 Å². The molecule has 0 radical (unpaired) electrons. The number of nitrogens with one attached hydrogen (secondary N) is 1. The molecule has 1 atom stereocenters. The molecule has 4 heteroatoms. The van der Waals surface area contributed by atoms with Gasteiger partial charge in [0, 0.05) is 19.4 Å². The summed E-state index contributed by atoms with van der Waals surface area (Å²) in [6.07, 6.45) is 8.00. The predicted molar refractivity (Wildman–Crippen MR) is 66.3 cm³/mol. The van der Waals surface area contributed by atoms with Crippen LogP contribution in [0.1, 0.15) is 15.9 Å². The molecule has 1 aliphatic rings. The summed E-state index contributed by atoms with van der Waals surface area (Å²) >= 11 is 0. The first-order chi connectivity index (χ1) is 8.16. The Hall–Kier alpha value is -2.23. The maximum Gasteiger partial charge on any atom is 0.335 e. The number of benzene rings is 1. The summed E-state index contributed by atoms with van der Waals surface area (Å²) in [4.78, 5) is 12.7. The summed E-state index contributed by atoms with van der Waals surface area (Å²) in [5, 5.41) is 11.9. The predicted octanol–water partition coefficient (Wildman–Crippen LogP) is 1.73. The summed E-state index contributed by atoms with van der Waals surface area (Å²) in [6.45, 7) is 0. The van der Waals surface area contributed by atoms with Crippen molar-refractivity contribution in [3.63, 3.8) is 0 Å². The number of rotatable bonds is 3. The van der Waals surface area contributed by atoms with Gasteiger partial charge in [0.1, 0.15) is 6.17 Å². The van der Waals surface area contributed by atoms with Crippen molar-refractivity contribution in [2.45, 2.75) is 6.17 Å². The molecule has 1 unspecified atom stereocenters. The SMILES string of the molecule is CN1C=CNC1/C=C/c1ccc(C(=O)O)cc1. The summed E-state index contributed by atoms with van der Waals surface area (Å²) in [5.74, 6) is -0.901. The molecular weight excluding hydrogens is 216 g/mol. The highest BCUT2D eigenvalue weighted by atomic mass is 16.4. The Morgan fingerprint density at radius 3 is 2.65 bits per heavy atom. The Kier molecular flexibility index (Phi) is 3.14. The van der Waals surface area contributed by atoms with Crippen LogP contribution in [0.3, 0.4) is 0 Å². The topological polar surface area (TPSA) is 52.6 Å². The summed E-state index contributed by atoms with van der Waals surface area (Å²) in [5.41, 5.74) is 1.29. The van der Waals surface area contributed by atoms with Crippen LogP contribution in [-0.4, -0.2) is 29.2 Å². The molecule has 1 aliphatic heterocycles. The Morgan fingerprint density at radius 2 is 2.12 bits per heavy atom. The van der Waals surface area contributed by atoms with E-state index in [2.05, 4.69) is 5.32 Å². The van der Waals surface area contributed by atoms with Crippen molar-refractivity contribution >= 4 is 12.0 Å². The van der Waals surface area contributed by atoms with Gasteiger partial charge in [0.2, 0.25) is 0 Å². The number of carboxylic acid groups (broad SMARTS) is 1. The zero-order valence-corrected chi connectivity index (χ0v) is 9.50. The van der Waals surface area contributed by atoms with Gasteiger partial charge in [-0.2, -0.15) is 0 Å². The van der Waals surface area contributed by atoms with E-state index < -0.39 is 5.97 Å². The van der Waals surface area contributed by atoms with Gasteiger partial charge < -0.3 is 15.3 Å². The lowest BCUT2D eigenvalue weighted by Gasteiger charge is -2.16. The van der Waals surface area contributed by atoms with Gasteiger partial charge in [-0.15, -0.1) is 0 Å². The van der Waals surface area contributed by atoms with Gasteiger partial charge in [-0.3, -0.25) is 0 Å². The van der Waals surface area contributed by atoms with Gasteiger partial charge in [-0.05, 0) is 23.8 Å². The van der Waals surface area contributed by atoms with Gasteiger partial charge in [0.05, 0.1) is 5.56 Å². The maximum atomic E-state index is 10.7. The zero-order chi connectivity index (χ0) is 12.3. The van der Waals surface area contributed by atoms with Crippen molar-refractivity contribution < 1.29 is 9.90 Å². The summed E-state index contributed by atoms with van der Waals surface area (Å²) in [7, 11) is 1.99. The molecule has 1 aromatic carbocycles. The lowest BCUT2D eigenvalue weighted by Crippen LogP contribution is -2.29. The van der Waals surface area contributed by atoms with Crippen LogP contribution in [0.5, 0.6) is 0 Å². The molecule has 0 aromatic heterocycles. The monoisotopic (exact) mass is 230 g/mol. The Labute approximate surface area is 99.9 Å². The van der Waals surface area contributed by atoms with Crippen molar-refractivity contribution in [1.29, 1.82) is 0 Å². The van der Waals surface area contributed by atoms with Crippen molar-refractivity contribution in [3.8, 4) is 0 Å². The molecule has 0 spiro atoms. The van der Waals surface area contributed by atoms with E-state index in [1.807, 2.05) is 36.5 Å². The molecule has 1 heterocycles. The molecule has 88 valence electrons. The molecule has 2 N–H and O–H groups in total. The molecule has 2 rings (SSSR count). The highest BCUT2D eigenvalue weighted by molar-refractivity contribution is 5.87. The largest absolute Gasteiger partial charge is 0.478 e. The third kappa shape index (κ3) is 2.66. The number of likely N-dealkylation sites (N-methyl/N-ethyl adjacent to an activating group) is 1. The van der Waals surface area contributed by atoms with Crippen molar-refractivity contribution in [1.82, 2.24) is 10.2 Å². The Balaban J connectivity index is 2.04. The molecule has 0 aliphatic carbocycles. The molecule has 0 fully saturated rings. The van der Waals surface area contributed by atoms with Crippen LogP contribution < -0.4 is 5.32 Å². The molecular formula is C13H14N2O2. The Bertz CT molecular complexity index is 463. The van der Waals surface area contributed by atoms with E-state index in [4.69, 9.17) is 5.11 Å². The molecule has 0 bridgehead atoms. The fourth-order valence-electron chi connectivity index (χ4n) is 1.60. The first kappa shape index (κ1) is 11.3. The third-order valence-electron chi connectivity index (χ3n) is 2.64. The second-order valence-electron chi connectivity index (χ2n) is 3.88. The smallest absolute Gasteiger partial charge is 0.335 e. The summed E-state index contributed by atoms with van der Waals surface area (Å²) in [6, 6.07) is 6.79. The van der Waals surface area contributed by atoms with Gasteiger partial charge in [-0.25, -0.2) is 4.79 Å². The zero-order valence-electron chi connectivity index (χ0n) is 9.50. The van der Waals surface area contributed by atoms with E-state index in [0.29, 0.717) is 5.56 Å². The van der Waals surface area contributed by atoms with Gasteiger partial charge in [0.25, 0.3) is 0 Å². The number of hydrogen-bond acceptors (Lipinski definition) is 3. The minimum absolute atomic E-state index is 0.161. The van der Waals surface area contributed by atoms with E-state index in [9.17, 15) is 4.79 Å². The second-order valence-corrected chi connectivity index (χ2v) is 3.88. The van der Waals surface area contributed by atoms with Gasteiger partial charge >= 0.3 is 5.97 Å². The molecule has 0 saturated carbocycles. The first-order valence-electron chi connectivity index (χ1n) is 5.33. The second kappa shape index (κ2) is 4.74. The van der Waals surface area contributed by atoms with Gasteiger partial charge in [0.15, 0.2) is 0 Å². The third-order valence-corrected chi connectivity index (χ3v) is 2.64. The van der Waals surface area contributed by atoms with Crippen molar-refractivity contribution in [2.75, 3.05) is 7.05 Å². The minimum atomic E-state index is -0.901. The van der Waals surface area contributed by atoms with Crippen LogP contribution in [0.2, 0.25) is 0 Å². The van der Waals surface area contributed by atoms with E-state index in [1.54, 1.807) is 24.3 Å². The number of carboxylic acids is 1. The van der Waals surface area contributed by atoms with Crippen LogP contribution in [-0.2, 0) is 0 Å². The molecule has 0 saturated heterocycles. The lowest BCUT2D eigenvalue weighted by atomic mass is 10.1. The minimum Gasteiger partial charge on any atom is -0.478 e. The van der Waals surface area contributed by atoms with E-state index in [0.717, 1.165) is 5.56 Å². The average Bonchev–Trinajstić information content (AvgIpc) is 2.73. The van der Waals surface area contributed by atoms with E-state index in [1.165, 1.54) is 0 Å². The van der Waals surface area contributed by atoms with Crippen LogP contribution in [0.25, 0.3) is 6.08 Å². The number of carbonyl (C=O) groups is 1. The number of nitrogens with zero attached hydrogens (tertiary/aromatic N) is 1. The Morgan fingerprint density at radius 1 is 1.41 bits per heavy atom. The van der Waals surface area contributed by atoms with Gasteiger partial charge in [-0.1, -0.05) is 18.2 Å². The maximum absolute atomic E-state index is 10.7. The van der Waals surface area contributed by atoms with Crippen LogP contribution in [0, 0.1) is 0 Å². The highest BCUT2D eigenvalue weighted by Crippen LogP contribution is 2.09. The highest BCUT2D eigenvalue weighted by Gasteiger charge is 2.09. The molecule has 1 aromatic rings. The van der Waals surface area contributed by atoms with Crippen LogP contribution in [0.15, 0.2) is 42.7 Å². The average molecular weight is 230 g/mol. The van der Waals surface area contributed by atoms with E-state index in [-0.39, 0.29) is 6.17 Å². The number of hydrogen-bond donors (Lipinski definition) is 2. The summed E-state index contributed by atoms with van der Waals surface area (Å²) < 4.78 is 0. The van der Waals surface area contributed by atoms with Crippen LogP contribution in [0.4, 0.5) is 0 Å².